The maximum atomic E-state index is 11.5. The van der Waals surface area contributed by atoms with Gasteiger partial charge in [-0.3, -0.25) is 4.79 Å². The first-order valence-electron chi connectivity index (χ1n) is 5.63. The summed E-state index contributed by atoms with van der Waals surface area (Å²) in [6.45, 7) is 5.51. The zero-order valence-corrected chi connectivity index (χ0v) is 10.5. The molecule has 0 spiro atoms. The monoisotopic (exact) mass is 237 g/mol. The van der Waals surface area contributed by atoms with Gasteiger partial charge in [0.1, 0.15) is 5.75 Å². The standard InChI is InChI=1S/C13H19NO3/c1-9-5-4-6-10(2)13(9)17-8-12(16)14-11(3)7-15/h4-6,11,15H,7-8H2,1-3H3,(H,14,16)/t11-/m1/s1. The van der Waals surface area contributed by atoms with Crippen molar-refractivity contribution in [2.45, 2.75) is 26.8 Å². The SMILES string of the molecule is Cc1cccc(C)c1OCC(=O)N[C@H](C)CO. The Labute approximate surface area is 102 Å². The Morgan fingerprint density at radius 1 is 1.41 bits per heavy atom. The molecule has 94 valence electrons. The van der Waals surface area contributed by atoms with Crippen molar-refractivity contribution in [2.75, 3.05) is 13.2 Å². The van der Waals surface area contributed by atoms with Gasteiger partial charge in [-0.15, -0.1) is 0 Å². The molecule has 1 amide bonds. The molecule has 1 atom stereocenters. The van der Waals surface area contributed by atoms with Gasteiger partial charge in [-0.25, -0.2) is 0 Å². The molecule has 4 nitrogen and oxygen atoms in total. The number of aliphatic hydroxyl groups is 1. The fourth-order valence-electron chi connectivity index (χ4n) is 1.53. The average Bonchev–Trinajstić information content (AvgIpc) is 2.28. The van der Waals surface area contributed by atoms with Gasteiger partial charge in [0.25, 0.3) is 5.91 Å². The number of rotatable bonds is 5. The molecule has 0 aliphatic carbocycles. The van der Waals surface area contributed by atoms with E-state index in [1.165, 1.54) is 0 Å². The van der Waals surface area contributed by atoms with E-state index in [0.717, 1.165) is 16.9 Å². The number of aliphatic hydroxyl groups excluding tert-OH is 1. The number of hydrogen-bond donors (Lipinski definition) is 2. The highest BCUT2D eigenvalue weighted by Gasteiger charge is 2.09. The normalized spacial score (nSPS) is 12.0. The molecule has 0 radical (unpaired) electrons. The number of para-hydroxylation sites is 1. The largest absolute Gasteiger partial charge is 0.483 e. The van der Waals surface area contributed by atoms with E-state index in [0.29, 0.717) is 0 Å². The van der Waals surface area contributed by atoms with Crippen LogP contribution in [0.25, 0.3) is 0 Å². The quantitative estimate of drug-likeness (QED) is 0.808. The zero-order chi connectivity index (χ0) is 12.8. The van der Waals surface area contributed by atoms with Gasteiger partial charge >= 0.3 is 0 Å². The maximum Gasteiger partial charge on any atom is 0.258 e. The predicted octanol–water partition coefficient (Wildman–Crippen LogP) is 1.18. The molecule has 1 aromatic rings. The van der Waals surface area contributed by atoms with E-state index in [2.05, 4.69) is 5.32 Å². The summed E-state index contributed by atoms with van der Waals surface area (Å²) < 4.78 is 5.48. The van der Waals surface area contributed by atoms with Crippen LogP contribution in [0.15, 0.2) is 18.2 Å². The van der Waals surface area contributed by atoms with E-state index in [1.54, 1.807) is 6.92 Å². The van der Waals surface area contributed by atoms with Gasteiger partial charge in [-0.05, 0) is 31.9 Å². The van der Waals surface area contributed by atoms with Crippen molar-refractivity contribution in [1.29, 1.82) is 0 Å². The molecule has 0 heterocycles. The van der Waals surface area contributed by atoms with Crippen LogP contribution in [0.3, 0.4) is 0 Å². The molecular weight excluding hydrogens is 218 g/mol. The number of nitrogens with one attached hydrogen (secondary N) is 1. The minimum absolute atomic E-state index is 0.0317. The van der Waals surface area contributed by atoms with Gasteiger partial charge in [-0.2, -0.15) is 0 Å². The number of hydrogen-bond acceptors (Lipinski definition) is 3. The molecule has 1 rings (SSSR count). The molecule has 0 saturated heterocycles. The van der Waals surface area contributed by atoms with Crippen molar-refractivity contribution in [3.05, 3.63) is 29.3 Å². The molecule has 0 aliphatic heterocycles. The third-order valence-electron chi connectivity index (χ3n) is 2.44. The number of carbonyl (C=O) groups excluding carboxylic acids is 1. The van der Waals surface area contributed by atoms with Crippen molar-refractivity contribution in [3.63, 3.8) is 0 Å². The van der Waals surface area contributed by atoms with Gasteiger partial charge in [0.2, 0.25) is 0 Å². The number of benzene rings is 1. The summed E-state index contributed by atoms with van der Waals surface area (Å²) in [5.74, 6) is 0.522. The van der Waals surface area contributed by atoms with E-state index in [9.17, 15) is 4.79 Å². The Morgan fingerprint density at radius 2 is 2.00 bits per heavy atom. The molecule has 0 aromatic heterocycles. The van der Waals surface area contributed by atoms with E-state index < -0.39 is 0 Å². The van der Waals surface area contributed by atoms with Crippen LogP contribution >= 0.6 is 0 Å². The van der Waals surface area contributed by atoms with E-state index in [1.807, 2.05) is 32.0 Å². The summed E-state index contributed by atoms with van der Waals surface area (Å²) in [6, 6.07) is 5.59. The molecule has 4 heteroatoms. The lowest BCUT2D eigenvalue weighted by Gasteiger charge is -2.14. The lowest BCUT2D eigenvalue weighted by atomic mass is 10.1. The van der Waals surface area contributed by atoms with Crippen LogP contribution < -0.4 is 10.1 Å². The molecule has 0 saturated carbocycles. The van der Waals surface area contributed by atoms with Gasteiger partial charge < -0.3 is 15.2 Å². The maximum absolute atomic E-state index is 11.5. The highest BCUT2D eigenvalue weighted by atomic mass is 16.5. The molecule has 0 bridgehead atoms. The summed E-state index contributed by atoms with van der Waals surface area (Å²) in [4.78, 5) is 11.5. The summed E-state index contributed by atoms with van der Waals surface area (Å²) in [6.07, 6.45) is 0. The Balaban J connectivity index is 2.53. The summed E-state index contributed by atoms with van der Waals surface area (Å²) >= 11 is 0. The Bertz CT molecular complexity index is 370. The van der Waals surface area contributed by atoms with Gasteiger partial charge in [0.15, 0.2) is 6.61 Å². The Kier molecular flexibility index (Phi) is 4.97. The lowest BCUT2D eigenvalue weighted by Crippen LogP contribution is -2.38. The third-order valence-corrected chi connectivity index (χ3v) is 2.44. The fraction of sp³-hybridized carbons (Fsp3) is 0.462. The third kappa shape index (κ3) is 4.07. The van der Waals surface area contributed by atoms with Crippen LogP contribution in [0, 0.1) is 13.8 Å². The van der Waals surface area contributed by atoms with Crippen LogP contribution in [-0.2, 0) is 4.79 Å². The smallest absolute Gasteiger partial charge is 0.258 e. The van der Waals surface area contributed by atoms with Crippen molar-refractivity contribution < 1.29 is 14.6 Å². The highest BCUT2D eigenvalue weighted by molar-refractivity contribution is 5.77. The van der Waals surface area contributed by atoms with Crippen LogP contribution in [0.2, 0.25) is 0 Å². The zero-order valence-electron chi connectivity index (χ0n) is 10.5. The van der Waals surface area contributed by atoms with Crippen LogP contribution in [0.1, 0.15) is 18.1 Å². The average molecular weight is 237 g/mol. The number of aryl methyl sites for hydroxylation is 2. The molecule has 1 aromatic carbocycles. The second-order valence-corrected chi connectivity index (χ2v) is 4.16. The molecule has 2 N–H and O–H groups in total. The fourth-order valence-corrected chi connectivity index (χ4v) is 1.53. The van der Waals surface area contributed by atoms with Crippen LogP contribution in [0.5, 0.6) is 5.75 Å². The van der Waals surface area contributed by atoms with Crippen molar-refractivity contribution in [2.24, 2.45) is 0 Å². The highest BCUT2D eigenvalue weighted by Crippen LogP contribution is 2.21. The van der Waals surface area contributed by atoms with Crippen molar-refractivity contribution >= 4 is 5.91 Å². The molecule has 0 fully saturated rings. The first-order valence-corrected chi connectivity index (χ1v) is 5.63. The van der Waals surface area contributed by atoms with Gasteiger partial charge in [0, 0.05) is 6.04 Å². The molecule has 0 aliphatic rings. The topological polar surface area (TPSA) is 58.6 Å². The predicted molar refractivity (Wildman–Crippen MR) is 66.1 cm³/mol. The van der Waals surface area contributed by atoms with Crippen LogP contribution in [-0.4, -0.2) is 30.3 Å². The van der Waals surface area contributed by atoms with Crippen molar-refractivity contribution in [3.8, 4) is 5.75 Å². The van der Waals surface area contributed by atoms with Crippen LogP contribution in [0.4, 0.5) is 0 Å². The van der Waals surface area contributed by atoms with E-state index in [-0.39, 0.29) is 25.2 Å². The van der Waals surface area contributed by atoms with Crippen molar-refractivity contribution in [1.82, 2.24) is 5.32 Å². The van der Waals surface area contributed by atoms with Gasteiger partial charge in [-0.1, -0.05) is 18.2 Å². The summed E-state index contributed by atoms with van der Waals surface area (Å²) in [5.41, 5.74) is 2.01. The second-order valence-electron chi connectivity index (χ2n) is 4.16. The minimum atomic E-state index is -0.246. The Hall–Kier alpha value is -1.55. The first kappa shape index (κ1) is 13.5. The summed E-state index contributed by atoms with van der Waals surface area (Å²) in [7, 11) is 0. The lowest BCUT2D eigenvalue weighted by molar-refractivity contribution is -0.124. The second kappa shape index (κ2) is 6.25. The molecule has 0 unspecified atom stereocenters. The number of amides is 1. The number of carbonyl (C=O) groups is 1. The molecule has 17 heavy (non-hydrogen) atoms. The van der Waals surface area contributed by atoms with E-state index in [4.69, 9.17) is 9.84 Å². The van der Waals surface area contributed by atoms with Gasteiger partial charge in [0.05, 0.1) is 6.61 Å². The van der Waals surface area contributed by atoms with E-state index >= 15 is 0 Å². The Morgan fingerprint density at radius 3 is 2.53 bits per heavy atom. The first-order chi connectivity index (χ1) is 8.04. The summed E-state index contributed by atoms with van der Waals surface area (Å²) in [5, 5.41) is 11.4. The molecular formula is C13H19NO3. The number of ether oxygens (including phenoxy) is 1. The minimum Gasteiger partial charge on any atom is -0.483 e.